The van der Waals surface area contributed by atoms with Crippen molar-refractivity contribution < 1.29 is 19.1 Å². The highest BCUT2D eigenvalue weighted by atomic mass is 16.6. The Hall–Kier alpha value is -1.46. The normalized spacial score (nSPS) is 23.0. The van der Waals surface area contributed by atoms with Crippen LogP contribution in [0.4, 0.5) is 9.59 Å². The number of rotatable bonds is 1. The predicted octanol–water partition coefficient (Wildman–Crippen LogP) is 3.30. The zero-order valence-electron chi connectivity index (χ0n) is 14.9. The van der Waals surface area contributed by atoms with E-state index in [0.29, 0.717) is 19.4 Å². The fraction of sp³-hybridized carbons (Fsp3) is 0.875. The van der Waals surface area contributed by atoms with Crippen LogP contribution < -0.4 is 5.32 Å². The van der Waals surface area contributed by atoms with Gasteiger partial charge in [-0.1, -0.05) is 0 Å². The molecular weight excluding hydrogens is 284 g/mol. The maximum Gasteiger partial charge on any atom is 0.410 e. The SMILES string of the molecule is C[C@H]1C[C@H](NC(=O)OC(C)(C)C)CCN1C(=O)OC(C)(C)C. The molecule has 1 heterocycles. The number of nitrogens with one attached hydrogen (secondary N) is 1. The fourth-order valence-corrected chi connectivity index (χ4v) is 2.37. The monoisotopic (exact) mass is 314 g/mol. The number of carbonyl (C=O) groups excluding carboxylic acids is 2. The van der Waals surface area contributed by atoms with E-state index in [4.69, 9.17) is 9.47 Å². The average molecular weight is 314 g/mol. The Morgan fingerprint density at radius 1 is 1.05 bits per heavy atom. The standard InChI is InChI=1S/C16H30N2O4/c1-11-10-12(17-13(19)21-15(2,3)4)8-9-18(11)14(20)22-16(5,6)7/h11-12H,8-10H2,1-7H3,(H,17,19)/t11-,12+/m0/s1. The van der Waals surface area contributed by atoms with Crippen molar-refractivity contribution >= 4 is 12.2 Å². The maximum atomic E-state index is 12.1. The van der Waals surface area contributed by atoms with Crippen LogP contribution in [0, 0.1) is 0 Å². The van der Waals surface area contributed by atoms with Crippen molar-refractivity contribution in [1.82, 2.24) is 10.2 Å². The first-order valence-electron chi connectivity index (χ1n) is 7.86. The van der Waals surface area contributed by atoms with Crippen LogP contribution in [0.5, 0.6) is 0 Å². The second-order valence-corrected chi connectivity index (χ2v) is 7.89. The van der Waals surface area contributed by atoms with Crippen molar-refractivity contribution in [2.24, 2.45) is 0 Å². The van der Waals surface area contributed by atoms with E-state index in [9.17, 15) is 9.59 Å². The molecule has 6 nitrogen and oxygen atoms in total. The molecule has 0 unspecified atom stereocenters. The lowest BCUT2D eigenvalue weighted by molar-refractivity contribution is 0.00842. The Balaban J connectivity index is 2.49. The zero-order valence-corrected chi connectivity index (χ0v) is 14.9. The molecule has 0 saturated carbocycles. The average Bonchev–Trinajstić information content (AvgIpc) is 2.23. The van der Waals surface area contributed by atoms with E-state index in [-0.39, 0.29) is 18.2 Å². The molecule has 0 bridgehead atoms. The Morgan fingerprint density at radius 2 is 1.59 bits per heavy atom. The first kappa shape index (κ1) is 18.6. The van der Waals surface area contributed by atoms with Crippen LogP contribution in [0.3, 0.4) is 0 Å². The topological polar surface area (TPSA) is 67.9 Å². The summed E-state index contributed by atoms with van der Waals surface area (Å²) in [4.78, 5) is 25.7. The van der Waals surface area contributed by atoms with Crippen LogP contribution in [0.15, 0.2) is 0 Å². The lowest BCUT2D eigenvalue weighted by Gasteiger charge is -2.38. The van der Waals surface area contributed by atoms with Gasteiger partial charge in [-0.3, -0.25) is 0 Å². The van der Waals surface area contributed by atoms with E-state index in [1.807, 2.05) is 48.5 Å². The third-order valence-corrected chi connectivity index (χ3v) is 3.23. The molecule has 1 N–H and O–H groups in total. The van der Waals surface area contributed by atoms with E-state index in [2.05, 4.69) is 5.32 Å². The molecule has 0 radical (unpaired) electrons. The molecule has 0 aromatic carbocycles. The summed E-state index contributed by atoms with van der Waals surface area (Å²) in [5, 5.41) is 2.87. The van der Waals surface area contributed by atoms with E-state index in [1.54, 1.807) is 4.90 Å². The molecular formula is C16H30N2O4. The van der Waals surface area contributed by atoms with Crippen LogP contribution in [-0.2, 0) is 9.47 Å². The number of carbonyl (C=O) groups is 2. The largest absolute Gasteiger partial charge is 0.444 e. The Bertz CT molecular complexity index is 409. The molecule has 22 heavy (non-hydrogen) atoms. The van der Waals surface area contributed by atoms with E-state index < -0.39 is 17.3 Å². The summed E-state index contributed by atoms with van der Waals surface area (Å²) in [7, 11) is 0. The minimum atomic E-state index is -0.507. The summed E-state index contributed by atoms with van der Waals surface area (Å²) in [6.07, 6.45) is 0.688. The van der Waals surface area contributed by atoms with Crippen LogP contribution in [-0.4, -0.2) is 46.9 Å². The minimum Gasteiger partial charge on any atom is -0.444 e. The maximum absolute atomic E-state index is 12.1. The van der Waals surface area contributed by atoms with Gasteiger partial charge in [0.15, 0.2) is 0 Å². The molecule has 2 amide bonds. The molecule has 1 rings (SSSR count). The first-order chi connectivity index (χ1) is 9.87. The number of hydrogen-bond donors (Lipinski definition) is 1. The third kappa shape index (κ3) is 6.54. The van der Waals surface area contributed by atoms with Gasteiger partial charge in [-0.15, -0.1) is 0 Å². The molecule has 128 valence electrons. The van der Waals surface area contributed by atoms with Gasteiger partial charge in [-0.25, -0.2) is 9.59 Å². The number of hydrogen-bond acceptors (Lipinski definition) is 4. The van der Waals surface area contributed by atoms with Gasteiger partial charge in [0.25, 0.3) is 0 Å². The first-order valence-corrected chi connectivity index (χ1v) is 7.86. The molecule has 1 aliphatic rings. The van der Waals surface area contributed by atoms with E-state index in [0.717, 1.165) is 0 Å². The molecule has 1 aliphatic heterocycles. The highest BCUT2D eigenvalue weighted by molar-refractivity contribution is 5.69. The number of amides is 2. The minimum absolute atomic E-state index is 0.0172. The van der Waals surface area contributed by atoms with Crippen molar-refractivity contribution in [2.75, 3.05) is 6.54 Å². The van der Waals surface area contributed by atoms with Crippen molar-refractivity contribution in [3.8, 4) is 0 Å². The van der Waals surface area contributed by atoms with E-state index in [1.165, 1.54) is 0 Å². The van der Waals surface area contributed by atoms with Gasteiger partial charge in [0.1, 0.15) is 11.2 Å². The number of piperidine rings is 1. The van der Waals surface area contributed by atoms with Gasteiger partial charge in [-0.05, 0) is 61.3 Å². The molecule has 6 heteroatoms. The lowest BCUT2D eigenvalue weighted by atomic mass is 9.99. The van der Waals surface area contributed by atoms with E-state index >= 15 is 0 Å². The number of nitrogens with zero attached hydrogens (tertiary/aromatic N) is 1. The smallest absolute Gasteiger partial charge is 0.410 e. The number of likely N-dealkylation sites (tertiary alicyclic amines) is 1. The molecule has 1 saturated heterocycles. The third-order valence-electron chi connectivity index (χ3n) is 3.23. The van der Waals surface area contributed by atoms with Gasteiger partial charge >= 0.3 is 12.2 Å². The van der Waals surface area contributed by atoms with Crippen LogP contribution in [0.2, 0.25) is 0 Å². The summed E-state index contributed by atoms with van der Waals surface area (Å²) >= 11 is 0. The molecule has 0 aromatic heterocycles. The summed E-state index contributed by atoms with van der Waals surface area (Å²) in [6, 6.07) is 0.0343. The summed E-state index contributed by atoms with van der Waals surface area (Å²) < 4.78 is 10.7. The van der Waals surface area contributed by atoms with Crippen LogP contribution in [0.1, 0.15) is 61.3 Å². The quantitative estimate of drug-likeness (QED) is 0.806. The fourth-order valence-electron chi connectivity index (χ4n) is 2.37. The van der Waals surface area contributed by atoms with Crippen molar-refractivity contribution in [3.05, 3.63) is 0 Å². The van der Waals surface area contributed by atoms with Gasteiger partial charge in [0.2, 0.25) is 0 Å². The van der Waals surface area contributed by atoms with Gasteiger partial charge in [0.05, 0.1) is 0 Å². The molecule has 0 aliphatic carbocycles. The van der Waals surface area contributed by atoms with Crippen molar-refractivity contribution in [1.29, 1.82) is 0 Å². The van der Waals surface area contributed by atoms with Gasteiger partial charge in [0, 0.05) is 18.6 Å². The second-order valence-electron chi connectivity index (χ2n) is 7.89. The summed E-state index contributed by atoms with van der Waals surface area (Å²) in [5.74, 6) is 0. The van der Waals surface area contributed by atoms with Crippen LogP contribution in [0.25, 0.3) is 0 Å². The Kier molecular flexibility index (Phi) is 5.70. The molecule has 2 atom stereocenters. The van der Waals surface area contributed by atoms with Crippen LogP contribution >= 0.6 is 0 Å². The second kappa shape index (κ2) is 6.75. The Morgan fingerprint density at radius 3 is 2.05 bits per heavy atom. The highest BCUT2D eigenvalue weighted by Crippen LogP contribution is 2.21. The highest BCUT2D eigenvalue weighted by Gasteiger charge is 2.32. The Labute approximate surface area is 133 Å². The van der Waals surface area contributed by atoms with Crippen molar-refractivity contribution in [3.63, 3.8) is 0 Å². The van der Waals surface area contributed by atoms with Gasteiger partial charge in [-0.2, -0.15) is 0 Å². The van der Waals surface area contributed by atoms with Crippen molar-refractivity contribution in [2.45, 2.75) is 84.6 Å². The van der Waals surface area contributed by atoms with Gasteiger partial charge < -0.3 is 19.7 Å². The number of alkyl carbamates (subject to hydrolysis) is 1. The lowest BCUT2D eigenvalue weighted by Crippen LogP contribution is -2.52. The molecule has 1 fully saturated rings. The molecule has 0 aromatic rings. The molecule has 0 spiro atoms. The predicted molar refractivity (Wildman–Crippen MR) is 84.8 cm³/mol. The summed E-state index contributed by atoms with van der Waals surface area (Å²) in [6.45, 7) is 13.6. The number of ether oxygens (including phenoxy) is 2. The zero-order chi connectivity index (χ0) is 17.1. The summed E-state index contributed by atoms with van der Waals surface area (Å²) in [5.41, 5.74) is -1.00.